The summed E-state index contributed by atoms with van der Waals surface area (Å²) in [7, 11) is 0. The highest BCUT2D eigenvalue weighted by Crippen LogP contribution is 2.41. The standard InChI is InChI=1S/C22H16F2N2O/c23-15-4-5-16(20(24)8-15)19-9-18-14(11-26-22(18)27)7-17(19)13-3-6-21(25-10-13)12-1-2-12/h3-10,12H,1-2,11H2,(H,26,27). The third-order valence-corrected chi connectivity index (χ3v) is 5.24. The number of halogens is 2. The van der Waals surface area contributed by atoms with Gasteiger partial charge in [-0.05, 0) is 59.9 Å². The lowest BCUT2D eigenvalue weighted by Gasteiger charge is -2.13. The highest BCUT2D eigenvalue weighted by molar-refractivity contribution is 6.01. The number of carbonyl (C=O) groups excluding carboxylic acids is 1. The second-order valence-electron chi connectivity index (χ2n) is 7.11. The Morgan fingerprint density at radius 2 is 1.78 bits per heavy atom. The third kappa shape index (κ3) is 2.79. The van der Waals surface area contributed by atoms with Crippen LogP contribution in [0.4, 0.5) is 8.78 Å². The van der Waals surface area contributed by atoms with Gasteiger partial charge in [-0.1, -0.05) is 6.07 Å². The normalized spacial score (nSPS) is 15.6. The molecule has 0 unspecified atom stereocenters. The molecule has 1 amide bonds. The molecule has 5 heteroatoms. The summed E-state index contributed by atoms with van der Waals surface area (Å²) in [6.07, 6.45) is 4.14. The molecule has 1 saturated carbocycles. The second kappa shape index (κ2) is 5.98. The minimum Gasteiger partial charge on any atom is -0.348 e. The summed E-state index contributed by atoms with van der Waals surface area (Å²) in [5, 5.41) is 2.79. The van der Waals surface area contributed by atoms with Crippen molar-refractivity contribution < 1.29 is 13.6 Å². The molecule has 1 aromatic heterocycles. The topological polar surface area (TPSA) is 42.0 Å². The number of nitrogens with zero attached hydrogens (tertiary/aromatic N) is 1. The lowest BCUT2D eigenvalue weighted by Crippen LogP contribution is -2.12. The van der Waals surface area contributed by atoms with Gasteiger partial charge in [0.05, 0.1) is 0 Å². The van der Waals surface area contributed by atoms with Gasteiger partial charge in [0.15, 0.2) is 0 Å². The van der Waals surface area contributed by atoms with Crippen molar-refractivity contribution in [1.29, 1.82) is 0 Å². The van der Waals surface area contributed by atoms with Crippen LogP contribution in [0.15, 0.2) is 48.7 Å². The Hall–Kier alpha value is -3.08. The number of aromatic nitrogens is 1. The molecule has 27 heavy (non-hydrogen) atoms. The monoisotopic (exact) mass is 362 g/mol. The Morgan fingerprint density at radius 3 is 2.48 bits per heavy atom. The molecule has 5 rings (SSSR count). The zero-order chi connectivity index (χ0) is 18.5. The number of hydrogen-bond donors (Lipinski definition) is 1. The van der Waals surface area contributed by atoms with E-state index in [9.17, 15) is 13.6 Å². The molecule has 3 aromatic rings. The number of carbonyl (C=O) groups is 1. The second-order valence-corrected chi connectivity index (χ2v) is 7.11. The van der Waals surface area contributed by atoms with E-state index in [0.29, 0.717) is 23.6 Å². The highest BCUT2D eigenvalue weighted by Gasteiger charge is 2.26. The quantitative estimate of drug-likeness (QED) is 0.726. The molecular formula is C22H16F2N2O. The molecule has 1 fully saturated rings. The van der Waals surface area contributed by atoms with Crippen LogP contribution in [0.5, 0.6) is 0 Å². The van der Waals surface area contributed by atoms with E-state index < -0.39 is 11.6 Å². The average Bonchev–Trinajstić information content (AvgIpc) is 3.46. The van der Waals surface area contributed by atoms with Crippen molar-refractivity contribution in [2.24, 2.45) is 0 Å². The van der Waals surface area contributed by atoms with E-state index in [2.05, 4.69) is 10.3 Å². The van der Waals surface area contributed by atoms with Gasteiger partial charge in [0, 0.05) is 47.1 Å². The average molecular weight is 362 g/mol. The van der Waals surface area contributed by atoms with Crippen molar-refractivity contribution in [1.82, 2.24) is 10.3 Å². The first-order valence-electron chi connectivity index (χ1n) is 8.97. The summed E-state index contributed by atoms with van der Waals surface area (Å²) in [6.45, 7) is 0.445. The molecule has 2 aliphatic rings. The molecule has 0 atom stereocenters. The zero-order valence-corrected chi connectivity index (χ0v) is 14.4. The van der Waals surface area contributed by atoms with Gasteiger partial charge in [0.1, 0.15) is 11.6 Å². The summed E-state index contributed by atoms with van der Waals surface area (Å²) < 4.78 is 27.9. The maximum absolute atomic E-state index is 14.5. The summed E-state index contributed by atoms with van der Waals surface area (Å²) in [5.41, 5.74) is 4.93. The molecule has 0 saturated heterocycles. The fourth-order valence-electron chi connectivity index (χ4n) is 3.63. The Labute approximate surface area is 155 Å². The predicted molar refractivity (Wildman–Crippen MR) is 98.2 cm³/mol. The van der Waals surface area contributed by atoms with E-state index in [4.69, 9.17) is 0 Å². The molecule has 1 aliphatic carbocycles. The van der Waals surface area contributed by atoms with Crippen LogP contribution in [-0.4, -0.2) is 10.9 Å². The summed E-state index contributed by atoms with van der Waals surface area (Å²) >= 11 is 0. The smallest absolute Gasteiger partial charge is 0.251 e. The fraction of sp³-hybridized carbons (Fsp3) is 0.182. The first-order valence-corrected chi connectivity index (χ1v) is 8.97. The van der Waals surface area contributed by atoms with Crippen LogP contribution in [0.25, 0.3) is 22.3 Å². The van der Waals surface area contributed by atoms with Gasteiger partial charge in [0.25, 0.3) is 5.91 Å². The number of fused-ring (bicyclic) bond motifs is 1. The molecule has 1 aliphatic heterocycles. The van der Waals surface area contributed by atoms with Crippen LogP contribution in [0.1, 0.15) is 40.4 Å². The maximum atomic E-state index is 14.5. The van der Waals surface area contributed by atoms with Crippen LogP contribution in [-0.2, 0) is 6.54 Å². The van der Waals surface area contributed by atoms with Crippen molar-refractivity contribution in [3.05, 3.63) is 77.1 Å². The van der Waals surface area contributed by atoms with Gasteiger partial charge >= 0.3 is 0 Å². The van der Waals surface area contributed by atoms with Crippen LogP contribution in [0.2, 0.25) is 0 Å². The van der Waals surface area contributed by atoms with E-state index in [1.807, 2.05) is 18.2 Å². The van der Waals surface area contributed by atoms with Gasteiger partial charge < -0.3 is 5.32 Å². The van der Waals surface area contributed by atoms with Crippen LogP contribution >= 0.6 is 0 Å². The van der Waals surface area contributed by atoms with Crippen molar-refractivity contribution in [2.75, 3.05) is 0 Å². The highest BCUT2D eigenvalue weighted by atomic mass is 19.1. The van der Waals surface area contributed by atoms with E-state index in [1.54, 1.807) is 12.3 Å². The van der Waals surface area contributed by atoms with Crippen LogP contribution < -0.4 is 5.32 Å². The largest absolute Gasteiger partial charge is 0.348 e. The minimum absolute atomic E-state index is 0.178. The van der Waals surface area contributed by atoms with E-state index in [-0.39, 0.29) is 11.5 Å². The first-order chi connectivity index (χ1) is 13.1. The molecular weight excluding hydrogens is 346 g/mol. The molecule has 134 valence electrons. The summed E-state index contributed by atoms with van der Waals surface area (Å²) in [4.78, 5) is 16.6. The Bertz CT molecular complexity index is 1070. The van der Waals surface area contributed by atoms with Gasteiger partial charge in [0.2, 0.25) is 0 Å². The molecule has 3 nitrogen and oxygen atoms in total. The van der Waals surface area contributed by atoms with Crippen molar-refractivity contribution in [3.8, 4) is 22.3 Å². The van der Waals surface area contributed by atoms with Gasteiger partial charge in [-0.2, -0.15) is 0 Å². The van der Waals surface area contributed by atoms with Crippen molar-refractivity contribution in [2.45, 2.75) is 25.3 Å². The van der Waals surface area contributed by atoms with E-state index in [0.717, 1.165) is 28.5 Å². The van der Waals surface area contributed by atoms with Gasteiger partial charge in [-0.3, -0.25) is 9.78 Å². The van der Waals surface area contributed by atoms with Crippen LogP contribution in [0, 0.1) is 11.6 Å². The van der Waals surface area contributed by atoms with Gasteiger partial charge in [-0.25, -0.2) is 8.78 Å². The lowest BCUT2D eigenvalue weighted by atomic mass is 9.91. The molecule has 0 spiro atoms. The SMILES string of the molecule is O=C1NCc2cc(-c3ccc(C4CC4)nc3)c(-c3ccc(F)cc3F)cc21. The van der Waals surface area contributed by atoms with E-state index >= 15 is 0 Å². The molecule has 0 bridgehead atoms. The molecule has 2 heterocycles. The summed E-state index contributed by atoms with van der Waals surface area (Å²) in [5.74, 6) is -0.915. The number of nitrogens with one attached hydrogen (secondary N) is 1. The fourth-order valence-corrected chi connectivity index (χ4v) is 3.63. The predicted octanol–water partition coefficient (Wildman–Crippen LogP) is 4.81. The number of amides is 1. The molecule has 0 radical (unpaired) electrons. The maximum Gasteiger partial charge on any atom is 0.251 e. The third-order valence-electron chi connectivity index (χ3n) is 5.24. The Balaban J connectivity index is 1.70. The lowest BCUT2D eigenvalue weighted by molar-refractivity contribution is 0.0966. The van der Waals surface area contributed by atoms with Crippen molar-refractivity contribution in [3.63, 3.8) is 0 Å². The molecule has 2 aromatic carbocycles. The number of hydrogen-bond acceptors (Lipinski definition) is 2. The summed E-state index contributed by atoms with van der Waals surface area (Å²) in [6, 6.07) is 11.1. The zero-order valence-electron chi connectivity index (χ0n) is 14.4. The number of pyridine rings is 1. The first kappa shape index (κ1) is 16.1. The molecule has 1 N–H and O–H groups in total. The number of rotatable bonds is 3. The Morgan fingerprint density at radius 1 is 0.926 bits per heavy atom. The minimum atomic E-state index is -0.655. The number of benzene rings is 2. The van der Waals surface area contributed by atoms with Crippen LogP contribution in [0.3, 0.4) is 0 Å². The van der Waals surface area contributed by atoms with Gasteiger partial charge in [-0.15, -0.1) is 0 Å². The Kier molecular flexibility index (Phi) is 3.57. The van der Waals surface area contributed by atoms with E-state index in [1.165, 1.54) is 25.0 Å². The van der Waals surface area contributed by atoms with Crippen molar-refractivity contribution >= 4 is 5.91 Å².